The standard InChI is InChI=1S/C10H8NO/c1-8-7-12-10(11-8)9-5-3-2-4-6-9/h2-6H,1H3. The summed E-state index contributed by atoms with van der Waals surface area (Å²) in [6, 6.07) is 9.78. The maximum atomic E-state index is 5.11. The second-order valence-corrected chi connectivity index (χ2v) is 2.57. The zero-order chi connectivity index (χ0) is 8.39. The van der Waals surface area contributed by atoms with Gasteiger partial charge in [-0.25, -0.2) is 4.98 Å². The summed E-state index contributed by atoms with van der Waals surface area (Å²) in [5, 5.41) is 0. The van der Waals surface area contributed by atoms with Crippen molar-refractivity contribution in [1.82, 2.24) is 4.98 Å². The molecule has 2 rings (SSSR count). The molecule has 0 bridgehead atoms. The highest BCUT2D eigenvalue weighted by atomic mass is 16.3. The molecule has 0 fully saturated rings. The van der Waals surface area contributed by atoms with E-state index in [0.29, 0.717) is 5.89 Å². The molecule has 0 aliphatic heterocycles. The average molecular weight is 158 g/mol. The Kier molecular flexibility index (Phi) is 1.67. The van der Waals surface area contributed by atoms with Crippen LogP contribution in [0.25, 0.3) is 11.5 Å². The molecule has 2 nitrogen and oxygen atoms in total. The lowest BCUT2D eigenvalue weighted by atomic mass is 10.2. The molecule has 2 heteroatoms. The van der Waals surface area contributed by atoms with Gasteiger partial charge in [0.2, 0.25) is 5.89 Å². The van der Waals surface area contributed by atoms with E-state index < -0.39 is 0 Å². The van der Waals surface area contributed by atoms with Gasteiger partial charge >= 0.3 is 0 Å². The van der Waals surface area contributed by atoms with Gasteiger partial charge in [0.15, 0.2) is 6.26 Å². The molecule has 0 aliphatic rings. The largest absolute Gasteiger partial charge is 0.432 e. The molecule has 1 radical (unpaired) electrons. The zero-order valence-electron chi connectivity index (χ0n) is 6.74. The van der Waals surface area contributed by atoms with Crippen LogP contribution >= 0.6 is 0 Å². The van der Waals surface area contributed by atoms with Crippen molar-refractivity contribution >= 4 is 0 Å². The third-order valence-corrected chi connectivity index (χ3v) is 1.59. The molecule has 2 aromatic rings. The van der Waals surface area contributed by atoms with Crippen LogP contribution in [0.1, 0.15) is 5.69 Å². The highest BCUT2D eigenvalue weighted by molar-refractivity contribution is 5.52. The molecular formula is C10H8NO. The van der Waals surface area contributed by atoms with Crippen LogP contribution in [-0.4, -0.2) is 4.98 Å². The Morgan fingerprint density at radius 2 is 2.00 bits per heavy atom. The van der Waals surface area contributed by atoms with Gasteiger partial charge in [-0.2, -0.15) is 0 Å². The van der Waals surface area contributed by atoms with Gasteiger partial charge in [0, 0.05) is 5.56 Å². The second kappa shape index (κ2) is 2.81. The lowest BCUT2D eigenvalue weighted by Gasteiger charge is -1.91. The molecule has 0 atom stereocenters. The summed E-state index contributed by atoms with van der Waals surface area (Å²) in [6.45, 7) is 1.86. The third-order valence-electron chi connectivity index (χ3n) is 1.59. The monoisotopic (exact) mass is 158 g/mol. The minimum Gasteiger partial charge on any atom is -0.432 e. The van der Waals surface area contributed by atoms with E-state index in [2.05, 4.69) is 11.2 Å². The molecular weight excluding hydrogens is 150 g/mol. The number of aryl methyl sites for hydroxylation is 1. The Morgan fingerprint density at radius 1 is 1.25 bits per heavy atom. The van der Waals surface area contributed by atoms with E-state index in [1.54, 1.807) is 0 Å². The second-order valence-electron chi connectivity index (χ2n) is 2.57. The summed E-state index contributed by atoms with van der Waals surface area (Å²) in [7, 11) is 0. The molecule has 0 aliphatic carbocycles. The number of benzene rings is 1. The molecule has 1 heterocycles. The Hall–Kier alpha value is -1.57. The van der Waals surface area contributed by atoms with Crippen molar-refractivity contribution in [3.05, 3.63) is 42.3 Å². The molecule has 59 valence electrons. The van der Waals surface area contributed by atoms with E-state index in [1.807, 2.05) is 37.3 Å². The first-order valence-corrected chi connectivity index (χ1v) is 3.77. The predicted octanol–water partition coefficient (Wildman–Crippen LogP) is 2.45. The first-order chi connectivity index (χ1) is 5.86. The molecule has 0 amide bonds. The first kappa shape index (κ1) is 7.10. The fourth-order valence-corrected chi connectivity index (χ4v) is 1.02. The number of aromatic nitrogens is 1. The smallest absolute Gasteiger partial charge is 0.227 e. The Labute approximate surface area is 70.9 Å². The summed E-state index contributed by atoms with van der Waals surface area (Å²) in [5.74, 6) is 0.633. The fraction of sp³-hybridized carbons (Fsp3) is 0.100. The Bertz CT molecular complexity index is 364. The normalized spacial score (nSPS) is 10.1. The average Bonchev–Trinajstić information content (AvgIpc) is 2.54. The maximum Gasteiger partial charge on any atom is 0.227 e. The maximum absolute atomic E-state index is 5.11. The third kappa shape index (κ3) is 1.23. The van der Waals surface area contributed by atoms with Crippen LogP contribution in [0, 0.1) is 13.2 Å². The van der Waals surface area contributed by atoms with Crippen molar-refractivity contribution < 1.29 is 4.42 Å². The van der Waals surface area contributed by atoms with Crippen molar-refractivity contribution in [2.75, 3.05) is 0 Å². The van der Waals surface area contributed by atoms with Crippen LogP contribution in [-0.2, 0) is 0 Å². The number of rotatable bonds is 1. The quantitative estimate of drug-likeness (QED) is 0.637. The molecule has 0 unspecified atom stereocenters. The van der Waals surface area contributed by atoms with Crippen LogP contribution in [0.4, 0.5) is 0 Å². The highest BCUT2D eigenvalue weighted by Gasteiger charge is 2.02. The molecule has 1 aromatic heterocycles. The van der Waals surface area contributed by atoms with Gasteiger partial charge in [-0.3, -0.25) is 0 Å². The SMILES string of the molecule is Cc1[c]oc(-c2ccccc2)n1. The van der Waals surface area contributed by atoms with E-state index >= 15 is 0 Å². The van der Waals surface area contributed by atoms with Crippen molar-refractivity contribution in [2.24, 2.45) is 0 Å². The van der Waals surface area contributed by atoms with E-state index in [1.165, 1.54) is 0 Å². The Balaban J connectivity index is 2.45. The lowest BCUT2D eigenvalue weighted by Crippen LogP contribution is -1.75. The van der Waals surface area contributed by atoms with Crippen molar-refractivity contribution in [1.29, 1.82) is 0 Å². The van der Waals surface area contributed by atoms with E-state index in [0.717, 1.165) is 11.3 Å². The summed E-state index contributed by atoms with van der Waals surface area (Å²) in [5.41, 5.74) is 1.77. The number of nitrogens with zero attached hydrogens (tertiary/aromatic N) is 1. The molecule has 0 saturated carbocycles. The fourth-order valence-electron chi connectivity index (χ4n) is 1.02. The van der Waals surface area contributed by atoms with Gasteiger partial charge in [-0.1, -0.05) is 18.2 Å². The van der Waals surface area contributed by atoms with Crippen LogP contribution in [0.15, 0.2) is 34.7 Å². The van der Waals surface area contributed by atoms with E-state index in [9.17, 15) is 0 Å². The van der Waals surface area contributed by atoms with Crippen LogP contribution in [0.5, 0.6) is 0 Å². The zero-order valence-corrected chi connectivity index (χ0v) is 6.74. The van der Waals surface area contributed by atoms with Crippen LogP contribution < -0.4 is 0 Å². The summed E-state index contributed by atoms with van der Waals surface area (Å²) in [6.07, 6.45) is 2.68. The minimum absolute atomic E-state index is 0.633. The minimum atomic E-state index is 0.633. The van der Waals surface area contributed by atoms with Crippen LogP contribution in [0.2, 0.25) is 0 Å². The van der Waals surface area contributed by atoms with Gasteiger partial charge < -0.3 is 4.42 Å². The summed E-state index contributed by atoms with van der Waals surface area (Å²) in [4.78, 5) is 4.16. The topological polar surface area (TPSA) is 26.0 Å². The van der Waals surface area contributed by atoms with E-state index in [-0.39, 0.29) is 0 Å². The highest BCUT2D eigenvalue weighted by Crippen LogP contribution is 2.16. The van der Waals surface area contributed by atoms with Gasteiger partial charge in [0.1, 0.15) is 0 Å². The lowest BCUT2D eigenvalue weighted by molar-refractivity contribution is 0.564. The number of oxazole rings is 1. The van der Waals surface area contributed by atoms with Crippen LogP contribution in [0.3, 0.4) is 0 Å². The number of hydrogen-bond donors (Lipinski definition) is 0. The number of hydrogen-bond acceptors (Lipinski definition) is 2. The Morgan fingerprint density at radius 3 is 2.58 bits per heavy atom. The van der Waals surface area contributed by atoms with Gasteiger partial charge in [-0.15, -0.1) is 0 Å². The summed E-state index contributed by atoms with van der Waals surface area (Å²) < 4.78 is 5.11. The molecule has 0 N–H and O–H groups in total. The van der Waals surface area contributed by atoms with Gasteiger partial charge in [0.05, 0.1) is 5.69 Å². The van der Waals surface area contributed by atoms with Crippen molar-refractivity contribution in [2.45, 2.75) is 6.92 Å². The van der Waals surface area contributed by atoms with Gasteiger partial charge in [0.25, 0.3) is 0 Å². The summed E-state index contributed by atoms with van der Waals surface area (Å²) >= 11 is 0. The molecule has 0 saturated heterocycles. The first-order valence-electron chi connectivity index (χ1n) is 3.77. The van der Waals surface area contributed by atoms with Crippen molar-refractivity contribution in [3.63, 3.8) is 0 Å². The van der Waals surface area contributed by atoms with E-state index in [4.69, 9.17) is 4.42 Å². The molecule has 0 spiro atoms. The van der Waals surface area contributed by atoms with Gasteiger partial charge in [-0.05, 0) is 19.1 Å². The molecule has 12 heavy (non-hydrogen) atoms. The molecule has 1 aromatic carbocycles. The predicted molar refractivity (Wildman–Crippen MR) is 45.5 cm³/mol. The van der Waals surface area contributed by atoms with Crippen molar-refractivity contribution in [3.8, 4) is 11.5 Å².